The standard InChI is InChI=1S/C19H31FN4OS/c1-19(2,24-7-9-25-10-8-24)14-23-18(21-3)22-12-15-5-6-17(20)11-16(15)13-26-4/h5-6,11H,7-10,12-14H2,1-4H3,(H2,21,22,23). The van der Waals surface area contributed by atoms with E-state index in [0.717, 1.165) is 55.7 Å². The van der Waals surface area contributed by atoms with E-state index in [1.165, 1.54) is 6.07 Å². The molecule has 1 aliphatic heterocycles. The van der Waals surface area contributed by atoms with E-state index in [0.29, 0.717) is 6.54 Å². The third kappa shape index (κ3) is 6.14. The fraction of sp³-hybridized carbons (Fsp3) is 0.632. The SMILES string of the molecule is CN=C(NCc1ccc(F)cc1CSC)NCC(C)(C)N1CCOCC1. The molecule has 0 radical (unpaired) electrons. The maximum atomic E-state index is 13.5. The second-order valence-electron chi connectivity index (χ2n) is 7.04. The van der Waals surface area contributed by atoms with Crippen molar-refractivity contribution in [2.24, 2.45) is 4.99 Å². The number of nitrogens with one attached hydrogen (secondary N) is 2. The van der Waals surface area contributed by atoms with Crippen molar-refractivity contribution in [1.82, 2.24) is 15.5 Å². The van der Waals surface area contributed by atoms with E-state index in [9.17, 15) is 4.39 Å². The van der Waals surface area contributed by atoms with Gasteiger partial charge in [0.15, 0.2) is 5.96 Å². The highest BCUT2D eigenvalue weighted by Crippen LogP contribution is 2.17. The molecule has 26 heavy (non-hydrogen) atoms. The molecule has 1 aliphatic rings. The minimum Gasteiger partial charge on any atom is -0.379 e. The van der Waals surface area contributed by atoms with Crippen molar-refractivity contribution in [1.29, 1.82) is 0 Å². The van der Waals surface area contributed by atoms with Crippen molar-refractivity contribution in [2.75, 3.05) is 46.2 Å². The van der Waals surface area contributed by atoms with Crippen LogP contribution in [0.5, 0.6) is 0 Å². The normalized spacial score (nSPS) is 16.6. The Hall–Kier alpha value is -1.31. The van der Waals surface area contributed by atoms with Crippen molar-refractivity contribution in [3.8, 4) is 0 Å². The molecule has 0 aromatic heterocycles. The largest absolute Gasteiger partial charge is 0.379 e. The highest BCUT2D eigenvalue weighted by Gasteiger charge is 2.28. The van der Waals surface area contributed by atoms with E-state index >= 15 is 0 Å². The van der Waals surface area contributed by atoms with Crippen LogP contribution in [0, 0.1) is 5.82 Å². The summed E-state index contributed by atoms with van der Waals surface area (Å²) in [4.78, 5) is 6.75. The molecule has 1 heterocycles. The van der Waals surface area contributed by atoms with Gasteiger partial charge >= 0.3 is 0 Å². The van der Waals surface area contributed by atoms with E-state index in [1.54, 1.807) is 24.9 Å². The average Bonchev–Trinajstić information content (AvgIpc) is 2.64. The van der Waals surface area contributed by atoms with Crippen LogP contribution in [0.3, 0.4) is 0 Å². The molecule has 0 saturated carbocycles. The first-order chi connectivity index (χ1) is 12.5. The minimum atomic E-state index is -0.187. The minimum absolute atomic E-state index is 0.0152. The number of hydrogen-bond donors (Lipinski definition) is 2. The Kier molecular flexibility index (Phi) is 8.18. The molecule has 5 nitrogen and oxygen atoms in total. The van der Waals surface area contributed by atoms with Gasteiger partial charge in [0, 0.05) is 44.5 Å². The second-order valence-corrected chi connectivity index (χ2v) is 7.90. The lowest BCUT2D eigenvalue weighted by molar-refractivity contribution is -0.00834. The second kappa shape index (κ2) is 10.1. The van der Waals surface area contributed by atoms with Crippen molar-refractivity contribution >= 4 is 17.7 Å². The zero-order valence-corrected chi connectivity index (χ0v) is 17.1. The zero-order valence-electron chi connectivity index (χ0n) is 16.3. The fourth-order valence-electron chi connectivity index (χ4n) is 3.04. The van der Waals surface area contributed by atoms with Gasteiger partial charge in [0.05, 0.1) is 13.2 Å². The summed E-state index contributed by atoms with van der Waals surface area (Å²) in [6.45, 7) is 9.35. The van der Waals surface area contributed by atoms with Crippen molar-refractivity contribution < 1.29 is 9.13 Å². The van der Waals surface area contributed by atoms with Gasteiger partial charge in [0.1, 0.15) is 5.82 Å². The summed E-state index contributed by atoms with van der Waals surface area (Å²) in [5, 5.41) is 6.76. The fourth-order valence-corrected chi connectivity index (χ4v) is 3.62. The molecule has 2 N–H and O–H groups in total. The zero-order chi connectivity index (χ0) is 19.0. The maximum absolute atomic E-state index is 13.5. The van der Waals surface area contributed by atoms with Crippen LogP contribution < -0.4 is 10.6 Å². The predicted octanol–water partition coefficient (Wildman–Crippen LogP) is 2.46. The van der Waals surface area contributed by atoms with E-state index < -0.39 is 0 Å². The topological polar surface area (TPSA) is 48.9 Å². The summed E-state index contributed by atoms with van der Waals surface area (Å²) in [5.74, 6) is 1.36. The molecule has 1 aromatic carbocycles. The Morgan fingerprint density at radius 3 is 2.65 bits per heavy atom. The molecule has 146 valence electrons. The molecule has 0 amide bonds. The highest BCUT2D eigenvalue weighted by molar-refractivity contribution is 7.97. The number of guanidine groups is 1. The number of rotatable bonds is 7. The number of halogens is 1. The Balaban J connectivity index is 1.90. The first-order valence-electron chi connectivity index (χ1n) is 9.00. The molecular formula is C19H31FN4OS. The number of morpholine rings is 1. The van der Waals surface area contributed by atoms with Gasteiger partial charge < -0.3 is 15.4 Å². The number of aliphatic imine (C=N–C) groups is 1. The smallest absolute Gasteiger partial charge is 0.191 e. The Bertz CT molecular complexity index is 603. The molecule has 1 aromatic rings. The number of thioether (sulfide) groups is 1. The van der Waals surface area contributed by atoms with Crippen LogP contribution in [-0.2, 0) is 17.0 Å². The monoisotopic (exact) mass is 382 g/mol. The van der Waals surface area contributed by atoms with Gasteiger partial charge in [-0.05, 0) is 43.4 Å². The number of hydrogen-bond acceptors (Lipinski definition) is 4. The molecule has 1 fully saturated rings. The van der Waals surface area contributed by atoms with Crippen molar-refractivity contribution in [2.45, 2.75) is 31.7 Å². The lowest BCUT2D eigenvalue weighted by Gasteiger charge is -2.41. The van der Waals surface area contributed by atoms with Crippen LogP contribution in [0.2, 0.25) is 0 Å². The van der Waals surface area contributed by atoms with E-state index in [4.69, 9.17) is 4.74 Å². The van der Waals surface area contributed by atoms with Crippen LogP contribution in [0.1, 0.15) is 25.0 Å². The number of nitrogens with zero attached hydrogens (tertiary/aromatic N) is 2. The first kappa shape index (κ1) is 21.0. The molecule has 0 atom stereocenters. The van der Waals surface area contributed by atoms with Gasteiger partial charge in [-0.2, -0.15) is 11.8 Å². The molecule has 0 bridgehead atoms. The predicted molar refractivity (Wildman–Crippen MR) is 108 cm³/mol. The summed E-state index contributed by atoms with van der Waals surface area (Å²) in [6, 6.07) is 4.97. The average molecular weight is 383 g/mol. The Morgan fingerprint density at radius 1 is 1.27 bits per heavy atom. The quantitative estimate of drug-likeness (QED) is 0.560. The summed E-state index contributed by atoms with van der Waals surface area (Å²) in [6.07, 6.45) is 2.02. The summed E-state index contributed by atoms with van der Waals surface area (Å²) in [7, 11) is 1.77. The molecule has 2 rings (SSSR count). The Morgan fingerprint density at radius 2 is 2.00 bits per heavy atom. The molecule has 1 saturated heterocycles. The van der Waals surface area contributed by atoms with Crippen LogP contribution >= 0.6 is 11.8 Å². The summed E-state index contributed by atoms with van der Waals surface area (Å²) >= 11 is 1.69. The van der Waals surface area contributed by atoms with E-state index in [2.05, 4.69) is 34.4 Å². The van der Waals surface area contributed by atoms with Gasteiger partial charge in [-0.3, -0.25) is 9.89 Å². The molecule has 7 heteroatoms. The van der Waals surface area contributed by atoms with Gasteiger partial charge in [0.25, 0.3) is 0 Å². The van der Waals surface area contributed by atoms with E-state index in [1.807, 2.05) is 12.3 Å². The van der Waals surface area contributed by atoms with Gasteiger partial charge in [-0.1, -0.05) is 6.07 Å². The lowest BCUT2D eigenvalue weighted by Crippen LogP contribution is -2.56. The summed E-state index contributed by atoms with van der Waals surface area (Å²) < 4.78 is 18.9. The summed E-state index contributed by atoms with van der Waals surface area (Å²) in [5.41, 5.74) is 2.13. The molecule has 0 spiro atoms. The van der Waals surface area contributed by atoms with Gasteiger partial charge in [-0.15, -0.1) is 0 Å². The first-order valence-corrected chi connectivity index (χ1v) is 10.4. The molecular weight excluding hydrogens is 351 g/mol. The lowest BCUT2D eigenvalue weighted by atomic mass is 10.0. The molecule has 0 unspecified atom stereocenters. The number of benzene rings is 1. The van der Waals surface area contributed by atoms with Crippen LogP contribution in [-0.4, -0.2) is 62.5 Å². The van der Waals surface area contributed by atoms with Gasteiger partial charge in [0.2, 0.25) is 0 Å². The van der Waals surface area contributed by atoms with Crippen molar-refractivity contribution in [3.05, 3.63) is 35.1 Å². The molecule has 0 aliphatic carbocycles. The van der Waals surface area contributed by atoms with Gasteiger partial charge in [-0.25, -0.2) is 4.39 Å². The highest BCUT2D eigenvalue weighted by atomic mass is 32.2. The van der Waals surface area contributed by atoms with Crippen LogP contribution in [0.15, 0.2) is 23.2 Å². The third-order valence-electron chi connectivity index (χ3n) is 4.69. The van der Waals surface area contributed by atoms with Crippen molar-refractivity contribution in [3.63, 3.8) is 0 Å². The van der Waals surface area contributed by atoms with E-state index in [-0.39, 0.29) is 11.4 Å². The maximum Gasteiger partial charge on any atom is 0.191 e. The van der Waals surface area contributed by atoms with Crippen LogP contribution in [0.4, 0.5) is 4.39 Å². The van der Waals surface area contributed by atoms with Crippen LogP contribution in [0.25, 0.3) is 0 Å². The third-order valence-corrected chi connectivity index (χ3v) is 5.29. The Labute approximate surface area is 160 Å². The number of ether oxygens (including phenoxy) is 1.